The highest BCUT2D eigenvalue weighted by molar-refractivity contribution is 7.32. The van der Waals surface area contributed by atoms with E-state index >= 15 is 0 Å². The van der Waals surface area contributed by atoms with Crippen molar-refractivity contribution in [2.24, 2.45) is 0 Å². The van der Waals surface area contributed by atoms with Gasteiger partial charge in [-0.3, -0.25) is 0 Å². The van der Waals surface area contributed by atoms with Crippen molar-refractivity contribution in [1.29, 1.82) is 0 Å². The molecule has 0 rings (SSSR count). The van der Waals surface area contributed by atoms with E-state index in [0.717, 1.165) is 12.8 Å². The zero-order valence-corrected chi connectivity index (χ0v) is 14.1. The molecule has 0 heterocycles. The Balaban J connectivity index is 0. The molecular formula is C15H34O3P+. The first-order valence-electron chi connectivity index (χ1n) is 7.98. The van der Waals surface area contributed by atoms with Crippen LogP contribution >= 0.6 is 8.25 Å². The summed E-state index contributed by atoms with van der Waals surface area (Å²) in [5.41, 5.74) is 0. The van der Waals surface area contributed by atoms with Gasteiger partial charge in [-0.15, -0.1) is 9.42 Å². The summed E-state index contributed by atoms with van der Waals surface area (Å²) in [4.78, 5) is 8.38. The van der Waals surface area contributed by atoms with Crippen molar-refractivity contribution in [3.63, 3.8) is 0 Å². The Morgan fingerprint density at radius 3 is 1.53 bits per heavy atom. The Morgan fingerprint density at radius 1 is 0.789 bits per heavy atom. The first kappa shape index (κ1) is 21.3. The number of unbranched alkanes of at least 4 members (excludes halogenated alkanes) is 9. The molecule has 0 saturated carbocycles. The van der Waals surface area contributed by atoms with E-state index in [1.165, 1.54) is 57.8 Å². The van der Waals surface area contributed by atoms with Crippen molar-refractivity contribution in [3.05, 3.63) is 0 Å². The van der Waals surface area contributed by atoms with Crippen LogP contribution in [0.25, 0.3) is 0 Å². The second kappa shape index (κ2) is 20.3. The Hall–Kier alpha value is 0.0200. The maximum Gasteiger partial charge on any atom is 0.694 e. The average molecular weight is 293 g/mol. The summed E-state index contributed by atoms with van der Waals surface area (Å²) in [6.45, 7) is 6.91. The van der Waals surface area contributed by atoms with Crippen LogP contribution in [0.1, 0.15) is 91.4 Å². The Kier molecular flexibility index (Phi) is 22.8. The minimum atomic E-state index is -2.39. The summed E-state index contributed by atoms with van der Waals surface area (Å²) >= 11 is 0. The van der Waals surface area contributed by atoms with Crippen LogP contribution in [0.15, 0.2) is 0 Å². The van der Waals surface area contributed by atoms with Gasteiger partial charge in [-0.2, -0.15) is 0 Å². The number of hydrogen-bond donors (Lipinski definition) is 1. The minimum absolute atomic E-state index is 0.419. The van der Waals surface area contributed by atoms with Crippen LogP contribution in [0, 0.1) is 0 Å². The lowest BCUT2D eigenvalue weighted by Crippen LogP contribution is -1.87. The predicted octanol–water partition coefficient (Wildman–Crippen LogP) is 5.99. The minimum Gasteiger partial charge on any atom is -0.133 e. The quantitative estimate of drug-likeness (QED) is 0.355. The van der Waals surface area contributed by atoms with Crippen LogP contribution in [0.4, 0.5) is 0 Å². The monoisotopic (exact) mass is 293 g/mol. The Labute approximate surface area is 121 Å². The van der Waals surface area contributed by atoms with E-state index in [2.05, 4.69) is 25.3 Å². The number of hydrogen-bond acceptors (Lipinski definition) is 2. The van der Waals surface area contributed by atoms with Crippen molar-refractivity contribution < 1.29 is 14.0 Å². The molecule has 0 aromatic heterocycles. The highest BCUT2D eigenvalue weighted by Crippen LogP contribution is 2.16. The first-order chi connectivity index (χ1) is 9.18. The second-order valence-electron chi connectivity index (χ2n) is 4.96. The molecule has 19 heavy (non-hydrogen) atoms. The van der Waals surface area contributed by atoms with E-state index in [0.29, 0.717) is 6.61 Å². The second-order valence-corrected chi connectivity index (χ2v) is 5.69. The average Bonchev–Trinajstić information content (AvgIpc) is 2.36. The predicted molar refractivity (Wildman–Crippen MR) is 83.6 cm³/mol. The van der Waals surface area contributed by atoms with Gasteiger partial charge < -0.3 is 0 Å². The molecule has 116 valence electrons. The molecule has 4 heteroatoms. The molecule has 0 radical (unpaired) electrons. The third-order valence-electron chi connectivity index (χ3n) is 2.70. The van der Waals surface area contributed by atoms with Crippen LogP contribution in [0.3, 0.4) is 0 Å². The molecule has 0 aliphatic carbocycles. The van der Waals surface area contributed by atoms with Crippen LogP contribution in [0.2, 0.25) is 0 Å². The Bertz CT molecular complexity index is 175. The fourth-order valence-electron chi connectivity index (χ4n) is 1.73. The van der Waals surface area contributed by atoms with Gasteiger partial charge in [-0.1, -0.05) is 85.0 Å². The van der Waals surface area contributed by atoms with Gasteiger partial charge in [0.05, 0.1) is 0 Å². The third-order valence-corrected chi connectivity index (χ3v) is 3.10. The van der Waals surface area contributed by atoms with Crippen LogP contribution in [0.5, 0.6) is 0 Å². The van der Waals surface area contributed by atoms with E-state index in [4.69, 9.17) is 4.89 Å². The molecule has 0 bridgehead atoms. The van der Waals surface area contributed by atoms with Gasteiger partial charge in [0.2, 0.25) is 0 Å². The maximum absolute atomic E-state index is 10.2. The lowest BCUT2D eigenvalue weighted by atomic mass is 10.1. The first-order valence-corrected chi connectivity index (χ1v) is 9.11. The summed E-state index contributed by atoms with van der Waals surface area (Å²) in [5, 5.41) is 0. The van der Waals surface area contributed by atoms with Gasteiger partial charge in [0.1, 0.15) is 6.61 Å². The van der Waals surface area contributed by atoms with Crippen molar-refractivity contribution >= 4 is 8.25 Å². The summed E-state index contributed by atoms with van der Waals surface area (Å²) < 4.78 is 14.8. The molecule has 0 aliphatic heterocycles. The zero-order chi connectivity index (χ0) is 14.8. The molecule has 0 aromatic rings. The molecule has 0 aliphatic rings. The maximum atomic E-state index is 10.2. The summed E-state index contributed by atoms with van der Waals surface area (Å²) in [6, 6.07) is 0. The van der Waals surface area contributed by atoms with E-state index < -0.39 is 8.25 Å². The van der Waals surface area contributed by atoms with Crippen molar-refractivity contribution in [2.45, 2.75) is 91.4 Å². The normalized spacial score (nSPS) is 10.8. The largest absolute Gasteiger partial charge is 0.694 e. The van der Waals surface area contributed by atoms with E-state index in [-0.39, 0.29) is 0 Å². The van der Waals surface area contributed by atoms with Gasteiger partial charge in [0, 0.05) is 4.57 Å². The highest BCUT2D eigenvalue weighted by Gasteiger charge is 2.09. The lowest BCUT2D eigenvalue weighted by molar-refractivity contribution is 0.273. The van der Waals surface area contributed by atoms with Gasteiger partial charge >= 0.3 is 8.25 Å². The summed E-state index contributed by atoms with van der Waals surface area (Å²) in [6.07, 6.45) is 13.9. The zero-order valence-electron chi connectivity index (χ0n) is 13.2. The molecule has 0 aromatic carbocycles. The molecule has 1 atom stereocenters. The smallest absolute Gasteiger partial charge is 0.133 e. The van der Waals surface area contributed by atoms with Crippen LogP contribution < -0.4 is 0 Å². The van der Waals surface area contributed by atoms with Gasteiger partial charge in [-0.25, -0.2) is 0 Å². The van der Waals surface area contributed by atoms with Gasteiger partial charge in [0.25, 0.3) is 0 Å². The standard InChI is InChI=1S/C12H25O3P.C3H8/c1-2-3-4-5-6-7-8-9-10-11-12-15-16(13)14;1-3-2/h2-12H2,1H3;3H2,1-2H3/p+1. The molecule has 0 amide bonds. The van der Waals surface area contributed by atoms with Crippen LogP contribution in [-0.2, 0) is 9.09 Å². The fourth-order valence-corrected chi connectivity index (χ4v) is 2.02. The Morgan fingerprint density at radius 2 is 1.16 bits per heavy atom. The van der Waals surface area contributed by atoms with Gasteiger partial charge in [0.15, 0.2) is 0 Å². The van der Waals surface area contributed by atoms with Crippen molar-refractivity contribution in [2.75, 3.05) is 6.61 Å². The molecule has 0 saturated heterocycles. The van der Waals surface area contributed by atoms with E-state index in [9.17, 15) is 4.57 Å². The van der Waals surface area contributed by atoms with Crippen molar-refractivity contribution in [3.8, 4) is 0 Å². The van der Waals surface area contributed by atoms with E-state index in [1.807, 2.05) is 0 Å². The van der Waals surface area contributed by atoms with Gasteiger partial charge in [-0.05, 0) is 6.42 Å². The molecular weight excluding hydrogens is 259 g/mol. The van der Waals surface area contributed by atoms with Crippen molar-refractivity contribution in [1.82, 2.24) is 0 Å². The topological polar surface area (TPSA) is 46.5 Å². The molecule has 1 N–H and O–H groups in total. The van der Waals surface area contributed by atoms with E-state index in [1.54, 1.807) is 0 Å². The molecule has 0 fully saturated rings. The lowest BCUT2D eigenvalue weighted by Gasteiger charge is -2.00. The summed E-state index contributed by atoms with van der Waals surface area (Å²) in [5.74, 6) is 0. The third kappa shape index (κ3) is 27.3. The van der Waals surface area contributed by atoms with Crippen LogP contribution in [-0.4, -0.2) is 11.5 Å². The fraction of sp³-hybridized carbons (Fsp3) is 1.00. The molecule has 1 unspecified atom stereocenters. The molecule has 0 spiro atoms. The highest BCUT2D eigenvalue weighted by atomic mass is 31.1. The summed E-state index contributed by atoms with van der Waals surface area (Å²) in [7, 11) is -2.39. The SMILES string of the molecule is CCC.CCCCCCCCCCCCO[P+](=O)O. The number of rotatable bonds is 12. The molecule has 3 nitrogen and oxygen atoms in total.